The van der Waals surface area contributed by atoms with Gasteiger partial charge in [0.1, 0.15) is 0 Å². The lowest BCUT2D eigenvalue weighted by atomic mass is 9.95. The monoisotopic (exact) mass is 388 g/mol. The summed E-state index contributed by atoms with van der Waals surface area (Å²) in [7, 11) is 0. The van der Waals surface area contributed by atoms with Gasteiger partial charge in [-0.25, -0.2) is 0 Å². The van der Waals surface area contributed by atoms with Gasteiger partial charge in [0.2, 0.25) is 0 Å². The molecule has 152 valence electrons. The minimum atomic E-state index is -1.54. The van der Waals surface area contributed by atoms with Crippen LogP contribution in [0.4, 0.5) is 0 Å². The van der Waals surface area contributed by atoms with Crippen molar-refractivity contribution in [1.82, 2.24) is 0 Å². The molecule has 0 amide bonds. The third kappa shape index (κ3) is 4.43. The standard InChI is InChI=1S/C22H28O6/c1-21(25)19-11-15(3-5-17(19)13-23)8-10-28-22(2,26)20-12-16(7-9-27-21)4-6-18(20)14-24/h3-6,11-12,23-26H,7-10,13-14H2,1-2H3. The third-order valence-electron chi connectivity index (χ3n) is 5.24. The van der Waals surface area contributed by atoms with Crippen molar-refractivity contribution in [2.24, 2.45) is 0 Å². The number of benzene rings is 2. The van der Waals surface area contributed by atoms with Crippen molar-refractivity contribution in [3.63, 3.8) is 0 Å². The summed E-state index contributed by atoms with van der Waals surface area (Å²) in [5.41, 5.74) is 4.02. The van der Waals surface area contributed by atoms with Gasteiger partial charge in [-0.1, -0.05) is 36.4 Å². The van der Waals surface area contributed by atoms with Gasteiger partial charge in [-0.3, -0.25) is 0 Å². The van der Waals surface area contributed by atoms with Crippen LogP contribution in [0.2, 0.25) is 0 Å². The summed E-state index contributed by atoms with van der Waals surface area (Å²) in [6.07, 6.45) is 0.998. The molecule has 1 aliphatic heterocycles. The zero-order valence-electron chi connectivity index (χ0n) is 16.3. The normalized spacial score (nSPS) is 25.9. The second-order valence-electron chi connectivity index (χ2n) is 7.46. The Balaban J connectivity index is 1.99. The molecule has 28 heavy (non-hydrogen) atoms. The van der Waals surface area contributed by atoms with Crippen LogP contribution in [0, 0.1) is 0 Å². The Bertz CT molecular complexity index is 758. The molecule has 6 nitrogen and oxygen atoms in total. The van der Waals surface area contributed by atoms with Crippen LogP contribution >= 0.6 is 0 Å². The van der Waals surface area contributed by atoms with E-state index in [0.717, 1.165) is 11.1 Å². The minimum Gasteiger partial charge on any atom is -0.392 e. The number of hydrogen-bond acceptors (Lipinski definition) is 6. The highest BCUT2D eigenvalue weighted by Crippen LogP contribution is 2.30. The van der Waals surface area contributed by atoms with Gasteiger partial charge in [0.15, 0.2) is 11.6 Å². The highest BCUT2D eigenvalue weighted by atomic mass is 16.6. The molecule has 2 atom stereocenters. The molecular weight excluding hydrogens is 360 g/mol. The van der Waals surface area contributed by atoms with Gasteiger partial charge < -0.3 is 29.9 Å². The van der Waals surface area contributed by atoms with E-state index in [2.05, 4.69) is 0 Å². The van der Waals surface area contributed by atoms with Crippen LogP contribution in [0.15, 0.2) is 36.4 Å². The maximum atomic E-state index is 10.9. The average Bonchev–Trinajstić information content (AvgIpc) is 2.67. The molecule has 2 aromatic rings. The molecule has 0 saturated heterocycles. The van der Waals surface area contributed by atoms with E-state index in [4.69, 9.17) is 9.47 Å². The fourth-order valence-corrected chi connectivity index (χ4v) is 3.59. The van der Waals surface area contributed by atoms with E-state index >= 15 is 0 Å². The molecule has 4 bridgehead atoms. The molecular formula is C22H28O6. The van der Waals surface area contributed by atoms with E-state index in [1.54, 1.807) is 38.1 Å². The molecule has 0 radical (unpaired) electrons. The first-order chi connectivity index (χ1) is 13.3. The van der Waals surface area contributed by atoms with Crippen LogP contribution in [0.1, 0.15) is 47.2 Å². The van der Waals surface area contributed by atoms with E-state index < -0.39 is 11.6 Å². The lowest BCUT2D eigenvalue weighted by Crippen LogP contribution is -2.30. The Hall–Kier alpha value is -1.80. The van der Waals surface area contributed by atoms with Crippen LogP contribution in [0.3, 0.4) is 0 Å². The summed E-state index contributed by atoms with van der Waals surface area (Å²) in [4.78, 5) is 0. The van der Waals surface area contributed by atoms with Gasteiger partial charge in [0.25, 0.3) is 0 Å². The summed E-state index contributed by atoms with van der Waals surface area (Å²) in [5.74, 6) is -3.09. The zero-order chi connectivity index (χ0) is 20.4. The highest BCUT2D eigenvalue weighted by Gasteiger charge is 2.29. The van der Waals surface area contributed by atoms with Crippen molar-refractivity contribution in [1.29, 1.82) is 0 Å². The molecule has 0 saturated carbocycles. The van der Waals surface area contributed by atoms with Gasteiger partial charge in [-0.05, 0) is 48.9 Å². The van der Waals surface area contributed by atoms with Crippen LogP contribution < -0.4 is 0 Å². The zero-order valence-corrected chi connectivity index (χ0v) is 16.3. The first-order valence-corrected chi connectivity index (χ1v) is 9.46. The Labute approximate surface area is 165 Å². The first-order valence-electron chi connectivity index (χ1n) is 9.46. The fraction of sp³-hybridized carbons (Fsp3) is 0.455. The van der Waals surface area contributed by atoms with Crippen molar-refractivity contribution in [2.45, 2.75) is 51.5 Å². The molecule has 1 heterocycles. The molecule has 2 unspecified atom stereocenters. The molecule has 0 spiro atoms. The van der Waals surface area contributed by atoms with Crippen LogP contribution in [-0.2, 0) is 47.1 Å². The van der Waals surface area contributed by atoms with E-state index in [0.29, 0.717) is 35.1 Å². The smallest absolute Gasteiger partial charge is 0.189 e. The van der Waals surface area contributed by atoms with E-state index in [-0.39, 0.29) is 26.4 Å². The maximum Gasteiger partial charge on any atom is 0.189 e. The second-order valence-corrected chi connectivity index (χ2v) is 7.46. The Morgan fingerprint density at radius 1 is 0.750 bits per heavy atom. The highest BCUT2D eigenvalue weighted by molar-refractivity contribution is 5.36. The van der Waals surface area contributed by atoms with Crippen molar-refractivity contribution >= 4 is 0 Å². The quantitative estimate of drug-likeness (QED) is 0.627. The lowest BCUT2D eigenvalue weighted by molar-refractivity contribution is -0.201. The third-order valence-corrected chi connectivity index (χ3v) is 5.24. The van der Waals surface area contributed by atoms with E-state index in [9.17, 15) is 20.4 Å². The molecule has 2 aromatic carbocycles. The van der Waals surface area contributed by atoms with Crippen molar-refractivity contribution in [2.75, 3.05) is 13.2 Å². The van der Waals surface area contributed by atoms with Crippen LogP contribution in [-0.4, -0.2) is 33.6 Å². The number of hydrogen-bond donors (Lipinski definition) is 4. The first kappa shape index (κ1) is 20.9. The van der Waals surface area contributed by atoms with E-state index in [1.807, 2.05) is 12.1 Å². The summed E-state index contributed by atoms with van der Waals surface area (Å²) >= 11 is 0. The fourth-order valence-electron chi connectivity index (χ4n) is 3.59. The van der Waals surface area contributed by atoms with Crippen molar-refractivity contribution in [3.05, 3.63) is 69.8 Å². The Morgan fingerprint density at radius 2 is 1.14 bits per heavy atom. The summed E-state index contributed by atoms with van der Waals surface area (Å²) < 4.78 is 11.5. The summed E-state index contributed by atoms with van der Waals surface area (Å²) in [6, 6.07) is 10.8. The van der Waals surface area contributed by atoms with Gasteiger partial charge in [-0.2, -0.15) is 0 Å². The number of fused-ring (bicyclic) bond motifs is 4. The Morgan fingerprint density at radius 3 is 1.50 bits per heavy atom. The maximum absolute atomic E-state index is 10.9. The second kappa shape index (κ2) is 8.29. The van der Waals surface area contributed by atoms with Crippen molar-refractivity contribution in [3.8, 4) is 0 Å². The van der Waals surface area contributed by atoms with E-state index in [1.165, 1.54) is 0 Å². The van der Waals surface area contributed by atoms with Gasteiger partial charge >= 0.3 is 0 Å². The summed E-state index contributed by atoms with van der Waals surface area (Å²) in [5, 5.41) is 41.0. The Kier molecular flexibility index (Phi) is 6.19. The predicted octanol–water partition coefficient (Wildman–Crippen LogP) is 1.83. The van der Waals surface area contributed by atoms with Crippen LogP contribution in [0.25, 0.3) is 0 Å². The predicted molar refractivity (Wildman–Crippen MR) is 103 cm³/mol. The van der Waals surface area contributed by atoms with Crippen molar-refractivity contribution < 1.29 is 29.9 Å². The topological polar surface area (TPSA) is 99.4 Å². The average molecular weight is 388 g/mol. The number of rotatable bonds is 2. The van der Waals surface area contributed by atoms with Gasteiger partial charge in [0, 0.05) is 11.1 Å². The minimum absolute atomic E-state index is 0.202. The van der Waals surface area contributed by atoms with Gasteiger partial charge in [0.05, 0.1) is 26.4 Å². The SMILES string of the molecule is CC1(O)OCCc2ccc(CO)c(c2)C(C)(O)OCCc2ccc(CO)c1c2. The molecule has 6 heteroatoms. The molecule has 0 aliphatic carbocycles. The lowest BCUT2D eigenvalue weighted by Gasteiger charge is -2.29. The van der Waals surface area contributed by atoms with Gasteiger partial charge in [-0.15, -0.1) is 0 Å². The molecule has 3 rings (SSSR count). The molecule has 0 aromatic heterocycles. The number of aliphatic hydroxyl groups excluding tert-OH is 2. The summed E-state index contributed by atoms with van der Waals surface area (Å²) in [6.45, 7) is 3.21. The number of ether oxygens (including phenoxy) is 2. The molecule has 0 fully saturated rings. The number of aliphatic hydroxyl groups is 4. The van der Waals surface area contributed by atoms with Crippen LogP contribution in [0.5, 0.6) is 0 Å². The molecule has 4 N–H and O–H groups in total. The largest absolute Gasteiger partial charge is 0.392 e. The molecule has 1 aliphatic rings.